The van der Waals surface area contributed by atoms with Crippen molar-refractivity contribution in [1.29, 1.82) is 0 Å². The molecule has 0 aliphatic rings. The van der Waals surface area contributed by atoms with E-state index < -0.39 is 0 Å². The van der Waals surface area contributed by atoms with Gasteiger partial charge < -0.3 is 4.42 Å². The fourth-order valence-electron chi connectivity index (χ4n) is 4.57. The van der Waals surface area contributed by atoms with Crippen molar-refractivity contribution in [1.82, 2.24) is 4.98 Å². The molecule has 0 atom stereocenters. The lowest BCUT2D eigenvalue weighted by Gasteiger charge is -2.16. The Morgan fingerprint density at radius 1 is 0.741 bits per heavy atom. The van der Waals surface area contributed by atoms with Gasteiger partial charge in [0.25, 0.3) is 0 Å². The van der Waals surface area contributed by atoms with Crippen LogP contribution in [0.4, 0.5) is 0 Å². The third kappa shape index (κ3) is 2.23. The number of oxazole rings is 1. The van der Waals surface area contributed by atoms with Crippen LogP contribution >= 0.6 is 0 Å². The molecule has 0 aliphatic carbocycles. The van der Waals surface area contributed by atoms with Gasteiger partial charge in [-0.3, -0.25) is 0 Å². The quantitative estimate of drug-likeness (QED) is 0.303. The van der Waals surface area contributed by atoms with Crippen molar-refractivity contribution in [3.63, 3.8) is 0 Å². The molecular formula is C25H21NO. The number of hydrogen-bond donors (Lipinski definition) is 0. The van der Waals surface area contributed by atoms with E-state index in [0.717, 1.165) is 16.5 Å². The van der Waals surface area contributed by atoms with Gasteiger partial charge in [-0.05, 0) is 66.3 Å². The van der Waals surface area contributed by atoms with Crippen molar-refractivity contribution < 1.29 is 4.42 Å². The van der Waals surface area contributed by atoms with Gasteiger partial charge in [-0.25, -0.2) is 4.98 Å². The van der Waals surface area contributed by atoms with Gasteiger partial charge in [0.2, 0.25) is 0 Å². The first-order valence-corrected chi connectivity index (χ1v) is 9.31. The Morgan fingerprint density at radius 3 is 2.26 bits per heavy atom. The summed E-state index contributed by atoms with van der Waals surface area (Å²) < 4.78 is 5.84. The average Bonchev–Trinajstić information content (AvgIpc) is 3.11. The molecule has 0 N–H and O–H groups in total. The van der Waals surface area contributed by atoms with Gasteiger partial charge in [0.1, 0.15) is 5.52 Å². The standard InChI is InChI=1S/C25H21NO/c1-14-11-17(4)22-20(12-14)23-18(21-15(2)7-5-8-16(21)3)9-6-10-19(23)24-25(22)27-13-26-24/h5-13H,1-4H3. The van der Waals surface area contributed by atoms with Crippen LogP contribution in [0.5, 0.6) is 0 Å². The Labute approximate surface area is 158 Å². The molecule has 0 saturated carbocycles. The molecule has 0 radical (unpaired) electrons. The molecule has 2 heteroatoms. The van der Waals surface area contributed by atoms with Crippen LogP contribution in [0.1, 0.15) is 22.3 Å². The summed E-state index contributed by atoms with van der Waals surface area (Å²) in [5.74, 6) is 0. The molecule has 2 nitrogen and oxygen atoms in total. The van der Waals surface area contributed by atoms with E-state index in [9.17, 15) is 0 Å². The van der Waals surface area contributed by atoms with Crippen molar-refractivity contribution in [3.8, 4) is 11.1 Å². The predicted octanol–water partition coefficient (Wildman–Crippen LogP) is 7.03. The van der Waals surface area contributed by atoms with E-state index in [1.54, 1.807) is 6.39 Å². The van der Waals surface area contributed by atoms with Gasteiger partial charge in [-0.15, -0.1) is 0 Å². The molecule has 0 spiro atoms. The van der Waals surface area contributed by atoms with Crippen LogP contribution < -0.4 is 0 Å². The SMILES string of the molecule is Cc1cc(C)c2c(c1)c1c(-c3c(C)cccc3C)cccc1c1ncoc12. The summed E-state index contributed by atoms with van der Waals surface area (Å²) in [6.07, 6.45) is 1.56. The lowest BCUT2D eigenvalue weighted by atomic mass is 9.87. The van der Waals surface area contributed by atoms with Crippen LogP contribution in [0, 0.1) is 27.7 Å². The zero-order valence-corrected chi connectivity index (χ0v) is 16.1. The summed E-state index contributed by atoms with van der Waals surface area (Å²) in [5.41, 5.74) is 9.47. The van der Waals surface area contributed by atoms with Crippen molar-refractivity contribution >= 4 is 32.6 Å². The molecule has 1 heterocycles. The molecule has 0 fully saturated rings. The molecule has 132 valence electrons. The highest BCUT2D eigenvalue weighted by Gasteiger charge is 2.18. The Kier molecular flexibility index (Phi) is 3.38. The number of benzene rings is 4. The Balaban J connectivity index is 2.11. The molecule has 4 aromatic carbocycles. The van der Waals surface area contributed by atoms with Gasteiger partial charge in [0.15, 0.2) is 12.0 Å². The van der Waals surface area contributed by atoms with Crippen molar-refractivity contribution in [2.24, 2.45) is 0 Å². The summed E-state index contributed by atoms with van der Waals surface area (Å²) in [7, 11) is 0. The normalized spacial score (nSPS) is 11.7. The minimum Gasteiger partial charge on any atom is -0.443 e. The average molecular weight is 351 g/mol. The largest absolute Gasteiger partial charge is 0.443 e. The topological polar surface area (TPSA) is 26.0 Å². The third-order valence-corrected chi connectivity index (χ3v) is 5.61. The fourth-order valence-corrected chi connectivity index (χ4v) is 4.57. The molecule has 5 rings (SSSR count). The highest BCUT2D eigenvalue weighted by molar-refractivity contribution is 6.27. The smallest absolute Gasteiger partial charge is 0.182 e. The van der Waals surface area contributed by atoms with Crippen molar-refractivity contribution in [2.45, 2.75) is 27.7 Å². The van der Waals surface area contributed by atoms with E-state index in [-0.39, 0.29) is 0 Å². The highest BCUT2D eigenvalue weighted by Crippen LogP contribution is 2.42. The molecule has 0 bridgehead atoms. The van der Waals surface area contributed by atoms with E-state index >= 15 is 0 Å². The summed E-state index contributed by atoms with van der Waals surface area (Å²) in [6.45, 7) is 8.69. The minimum absolute atomic E-state index is 0.883. The molecule has 5 aromatic rings. The van der Waals surface area contributed by atoms with E-state index in [1.165, 1.54) is 49.5 Å². The number of hydrogen-bond acceptors (Lipinski definition) is 2. The van der Waals surface area contributed by atoms with Gasteiger partial charge in [-0.2, -0.15) is 0 Å². The summed E-state index contributed by atoms with van der Waals surface area (Å²) in [5, 5.41) is 4.82. The predicted molar refractivity (Wildman–Crippen MR) is 113 cm³/mol. The Morgan fingerprint density at radius 2 is 1.48 bits per heavy atom. The molecule has 0 amide bonds. The first-order chi connectivity index (χ1) is 13.1. The molecule has 0 aliphatic heterocycles. The third-order valence-electron chi connectivity index (χ3n) is 5.61. The number of nitrogens with zero attached hydrogens (tertiary/aromatic N) is 1. The lowest BCUT2D eigenvalue weighted by Crippen LogP contribution is -1.92. The maximum absolute atomic E-state index is 5.84. The van der Waals surface area contributed by atoms with Crippen LogP contribution in [0.3, 0.4) is 0 Å². The summed E-state index contributed by atoms with van der Waals surface area (Å²) >= 11 is 0. The maximum atomic E-state index is 5.84. The molecule has 0 saturated heterocycles. The second-order valence-electron chi connectivity index (χ2n) is 7.53. The fraction of sp³-hybridized carbons (Fsp3) is 0.160. The summed E-state index contributed by atoms with van der Waals surface area (Å²) in [6, 6.07) is 17.5. The number of fused-ring (bicyclic) bond motifs is 6. The molecule has 1 aromatic heterocycles. The van der Waals surface area contributed by atoms with Crippen LogP contribution in [0.25, 0.3) is 43.8 Å². The second-order valence-corrected chi connectivity index (χ2v) is 7.53. The first-order valence-electron chi connectivity index (χ1n) is 9.31. The van der Waals surface area contributed by atoms with E-state index in [1.807, 2.05) is 0 Å². The zero-order chi connectivity index (χ0) is 18.7. The number of aromatic nitrogens is 1. The molecule has 27 heavy (non-hydrogen) atoms. The summed E-state index contributed by atoms with van der Waals surface area (Å²) in [4.78, 5) is 4.57. The van der Waals surface area contributed by atoms with E-state index in [0.29, 0.717) is 0 Å². The number of rotatable bonds is 1. The maximum Gasteiger partial charge on any atom is 0.182 e. The van der Waals surface area contributed by atoms with Crippen LogP contribution in [0.15, 0.2) is 59.3 Å². The van der Waals surface area contributed by atoms with Gasteiger partial charge in [0, 0.05) is 10.8 Å². The van der Waals surface area contributed by atoms with Gasteiger partial charge >= 0.3 is 0 Å². The van der Waals surface area contributed by atoms with Crippen molar-refractivity contribution in [3.05, 3.63) is 77.2 Å². The lowest BCUT2D eigenvalue weighted by molar-refractivity contribution is 0.605. The second kappa shape index (κ2) is 5.68. The van der Waals surface area contributed by atoms with E-state index in [2.05, 4.69) is 81.2 Å². The highest BCUT2D eigenvalue weighted by atomic mass is 16.3. The first kappa shape index (κ1) is 16.1. The van der Waals surface area contributed by atoms with Crippen LogP contribution in [0.2, 0.25) is 0 Å². The monoisotopic (exact) mass is 351 g/mol. The van der Waals surface area contributed by atoms with E-state index in [4.69, 9.17) is 4.42 Å². The molecular weight excluding hydrogens is 330 g/mol. The van der Waals surface area contributed by atoms with Crippen LogP contribution in [-0.4, -0.2) is 4.98 Å². The van der Waals surface area contributed by atoms with Gasteiger partial charge in [-0.1, -0.05) is 54.1 Å². The van der Waals surface area contributed by atoms with Crippen LogP contribution in [-0.2, 0) is 0 Å². The van der Waals surface area contributed by atoms with Gasteiger partial charge in [0.05, 0.1) is 0 Å². The number of aryl methyl sites for hydroxylation is 4. The molecule has 0 unspecified atom stereocenters. The Hall–Kier alpha value is -3.13. The minimum atomic E-state index is 0.883. The van der Waals surface area contributed by atoms with Crippen molar-refractivity contribution in [2.75, 3.05) is 0 Å². The zero-order valence-electron chi connectivity index (χ0n) is 16.1. The Bertz CT molecular complexity index is 1340.